The van der Waals surface area contributed by atoms with Crippen molar-refractivity contribution in [3.8, 4) is 6.07 Å². The van der Waals surface area contributed by atoms with Crippen molar-refractivity contribution >= 4 is 23.2 Å². The number of amides is 1. The molecule has 1 heterocycles. The fraction of sp³-hybridized carbons (Fsp3) is 0.556. The first-order valence-electron chi connectivity index (χ1n) is 8.45. The molecule has 0 bridgehead atoms. The maximum atomic E-state index is 12.3. The average molecular weight is 347 g/mol. The zero-order valence-corrected chi connectivity index (χ0v) is 14.7. The number of carbonyl (C=O) groups excluding carboxylic acids is 1. The predicted octanol–water partition coefficient (Wildman–Crippen LogP) is 2.27. The molecule has 6 heteroatoms. The molecule has 1 aromatic carbocycles. The lowest BCUT2D eigenvalue weighted by atomic mass is 9.98. The molecule has 1 amide bonds. The van der Waals surface area contributed by atoms with Gasteiger partial charge in [0, 0.05) is 36.9 Å². The molecule has 0 radical (unpaired) electrons. The van der Waals surface area contributed by atoms with Gasteiger partial charge in [-0.1, -0.05) is 17.7 Å². The molecule has 1 N–H and O–H groups in total. The number of hydrogen-bond acceptors (Lipinski definition) is 4. The number of halogens is 1. The van der Waals surface area contributed by atoms with E-state index in [-0.39, 0.29) is 5.91 Å². The molecule has 1 aliphatic heterocycles. The molecule has 0 aromatic heterocycles. The third-order valence-electron chi connectivity index (χ3n) is 4.94. The second-order valence-corrected chi connectivity index (χ2v) is 7.32. The summed E-state index contributed by atoms with van der Waals surface area (Å²) < 4.78 is 0. The molecule has 1 aromatic rings. The number of nitrogens with one attached hydrogen (secondary N) is 1. The minimum Gasteiger partial charge on any atom is -0.369 e. The smallest absolute Gasteiger partial charge is 0.235 e. The monoisotopic (exact) mass is 346 g/mol. The van der Waals surface area contributed by atoms with Crippen LogP contribution in [0, 0.1) is 17.2 Å². The van der Waals surface area contributed by atoms with Crippen molar-refractivity contribution in [1.29, 1.82) is 5.26 Å². The standard InChI is InChI=1S/C18H23ClN4O/c1-18(13-20,14-5-6-14)21-17(24)12-22-7-9-23(10-8-22)16-4-2-3-15(19)11-16/h2-4,11,14H,5-10,12H2,1H3,(H,21,24)/t18-/m1/s1. The predicted molar refractivity (Wildman–Crippen MR) is 95.0 cm³/mol. The Hall–Kier alpha value is -1.77. The number of nitriles is 1. The highest BCUT2D eigenvalue weighted by Crippen LogP contribution is 2.39. The fourth-order valence-corrected chi connectivity index (χ4v) is 3.44. The summed E-state index contributed by atoms with van der Waals surface area (Å²) in [5.74, 6) is 0.258. The van der Waals surface area contributed by atoms with Gasteiger partial charge in [0.05, 0.1) is 12.6 Å². The van der Waals surface area contributed by atoms with E-state index in [2.05, 4.69) is 27.3 Å². The Kier molecular flexibility index (Phi) is 4.98. The van der Waals surface area contributed by atoms with Crippen LogP contribution in [0.4, 0.5) is 5.69 Å². The number of carbonyl (C=O) groups is 1. The van der Waals surface area contributed by atoms with E-state index < -0.39 is 5.54 Å². The molecule has 2 aliphatic rings. The van der Waals surface area contributed by atoms with Crippen LogP contribution in [0.3, 0.4) is 0 Å². The molecular weight excluding hydrogens is 324 g/mol. The van der Waals surface area contributed by atoms with Crippen LogP contribution in [0.2, 0.25) is 5.02 Å². The first kappa shape index (κ1) is 17.1. The van der Waals surface area contributed by atoms with E-state index in [4.69, 9.17) is 11.6 Å². The molecule has 0 unspecified atom stereocenters. The van der Waals surface area contributed by atoms with Gasteiger partial charge in [-0.05, 0) is 43.9 Å². The van der Waals surface area contributed by atoms with Gasteiger partial charge in [0.15, 0.2) is 0 Å². The van der Waals surface area contributed by atoms with E-state index in [9.17, 15) is 10.1 Å². The third-order valence-corrected chi connectivity index (χ3v) is 5.17. The number of benzene rings is 1. The molecule has 3 rings (SSSR count). The summed E-state index contributed by atoms with van der Waals surface area (Å²) in [4.78, 5) is 16.7. The fourth-order valence-electron chi connectivity index (χ4n) is 3.25. The third kappa shape index (κ3) is 4.00. The van der Waals surface area contributed by atoms with E-state index in [0.717, 1.165) is 49.7 Å². The van der Waals surface area contributed by atoms with Gasteiger partial charge in [-0.3, -0.25) is 9.69 Å². The Balaban J connectivity index is 1.48. The number of rotatable bonds is 5. The van der Waals surface area contributed by atoms with Crippen LogP contribution in [0.5, 0.6) is 0 Å². The van der Waals surface area contributed by atoms with E-state index >= 15 is 0 Å². The zero-order valence-electron chi connectivity index (χ0n) is 14.0. The second-order valence-electron chi connectivity index (χ2n) is 6.88. The lowest BCUT2D eigenvalue weighted by Gasteiger charge is -2.36. The maximum Gasteiger partial charge on any atom is 0.235 e. The second kappa shape index (κ2) is 7.00. The van der Waals surface area contributed by atoms with Gasteiger partial charge in [-0.25, -0.2) is 0 Å². The normalized spacial score (nSPS) is 21.0. The lowest BCUT2D eigenvalue weighted by Crippen LogP contribution is -2.53. The maximum absolute atomic E-state index is 12.3. The van der Waals surface area contributed by atoms with E-state index in [1.165, 1.54) is 0 Å². The molecule has 128 valence electrons. The van der Waals surface area contributed by atoms with E-state index in [1.54, 1.807) is 0 Å². The number of nitrogens with zero attached hydrogens (tertiary/aromatic N) is 3. The van der Waals surface area contributed by atoms with Crippen LogP contribution in [-0.2, 0) is 4.79 Å². The Bertz CT molecular complexity index is 647. The van der Waals surface area contributed by atoms with Crippen molar-refractivity contribution in [3.05, 3.63) is 29.3 Å². The number of piperazine rings is 1. The molecule has 1 saturated carbocycles. The Labute approximate surface area is 148 Å². The highest BCUT2D eigenvalue weighted by Gasteiger charge is 2.43. The van der Waals surface area contributed by atoms with Crippen LogP contribution in [0.1, 0.15) is 19.8 Å². The minimum absolute atomic E-state index is 0.0536. The van der Waals surface area contributed by atoms with Crippen LogP contribution in [0.15, 0.2) is 24.3 Å². The molecule has 24 heavy (non-hydrogen) atoms. The summed E-state index contributed by atoms with van der Waals surface area (Å²) in [7, 11) is 0. The lowest BCUT2D eigenvalue weighted by molar-refractivity contribution is -0.123. The summed E-state index contributed by atoms with van der Waals surface area (Å²) >= 11 is 6.05. The van der Waals surface area contributed by atoms with Crippen LogP contribution >= 0.6 is 11.6 Å². The molecule has 5 nitrogen and oxygen atoms in total. The molecule has 0 spiro atoms. The van der Waals surface area contributed by atoms with Gasteiger partial charge >= 0.3 is 0 Å². The molecule has 1 saturated heterocycles. The Morgan fingerprint density at radius 1 is 1.38 bits per heavy atom. The summed E-state index contributed by atoms with van der Waals surface area (Å²) in [5, 5.41) is 13.0. The topological polar surface area (TPSA) is 59.4 Å². The van der Waals surface area contributed by atoms with Crippen molar-refractivity contribution in [2.24, 2.45) is 5.92 Å². The van der Waals surface area contributed by atoms with Crippen molar-refractivity contribution in [1.82, 2.24) is 10.2 Å². The quantitative estimate of drug-likeness (QED) is 0.888. The first-order valence-corrected chi connectivity index (χ1v) is 8.83. The highest BCUT2D eigenvalue weighted by atomic mass is 35.5. The van der Waals surface area contributed by atoms with E-state index in [0.29, 0.717) is 12.5 Å². The van der Waals surface area contributed by atoms with Crippen molar-refractivity contribution in [3.63, 3.8) is 0 Å². The molecular formula is C18H23ClN4O. The highest BCUT2D eigenvalue weighted by molar-refractivity contribution is 6.30. The van der Waals surface area contributed by atoms with E-state index in [1.807, 2.05) is 25.1 Å². The van der Waals surface area contributed by atoms with Gasteiger partial charge in [0.25, 0.3) is 0 Å². The largest absolute Gasteiger partial charge is 0.369 e. The Morgan fingerprint density at radius 2 is 2.08 bits per heavy atom. The summed E-state index contributed by atoms with van der Waals surface area (Å²) in [6.45, 7) is 5.57. The van der Waals surface area contributed by atoms with Gasteiger partial charge in [0.1, 0.15) is 5.54 Å². The van der Waals surface area contributed by atoms with Crippen LogP contribution < -0.4 is 10.2 Å². The van der Waals surface area contributed by atoms with Gasteiger partial charge in [-0.2, -0.15) is 5.26 Å². The van der Waals surface area contributed by atoms with Gasteiger partial charge in [-0.15, -0.1) is 0 Å². The van der Waals surface area contributed by atoms with Crippen molar-refractivity contribution in [2.75, 3.05) is 37.6 Å². The summed E-state index contributed by atoms with van der Waals surface area (Å²) in [6.07, 6.45) is 2.06. The number of anilines is 1. The van der Waals surface area contributed by atoms with Crippen molar-refractivity contribution in [2.45, 2.75) is 25.3 Å². The van der Waals surface area contributed by atoms with Gasteiger partial charge < -0.3 is 10.2 Å². The summed E-state index contributed by atoms with van der Waals surface area (Å²) in [6, 6.07) is 10.1. The summed E-state index contributed by atoms with van der Waals surface area (Å²) in [5.41, 5.74) is 0.414. The zero-order chi connectivity index (χ0) is 17.2. The first-order chi connectivity index (χ1) is 11.5. The molecule has 1 atom stereocenters. The van der Waals surface area contributed by atoms with Crippen LogP contribution in [0.25, 0.3) is 0 Å². The van der Waals surface area contributed by atoms with Gasteiger partial charge in [0.2, 0.25) is 5.91 Å². The Morgan fingerprint density at radius 3 is 2.67 bits per heavy atom. The average Bonchev–Trinajstić information content (AvgIpc) is 3.41. The SMILES string of the molecule is C[C@](C#N)(NC(=O)CN1CCN(c2cccc(Cl)c2)CC1)C1CC1. The minimum atomic E-state index is -0.709. The number of hydrogen-bond donors (Lipinski definition) is 1. The molecule has 1 aliphatic carbocycles. The van der Waals surface area contributed by atoms with Crippen LogP contribution in [-0.4, -0.2) is 49.1 Å². The van der Waals surface area contributed by atoms with Crippen molar-refractivity contribution < 1.29 is 4.79 Å². The molecule has 2 fully saturated rings.